The summed E-state index contributed by atoms with van der Waals surface area (Å²) in [5.74, 6) is -1.00. The van der Waals surface area contributed by atoms with Gasteiger partial charge in [0.05, 0.1) is 4.90 Å². The van der Waals surface area contributed by atoms with Gasteiger partial charge in [-0.25, -0.2) is 18.4 Å². The lowest BCUT2D eigenvalue weighted by atomic mass is 10.1. The van der Waals surface area contributed by atoms with Gasteiger partial charge in [0.2, 0.25) is 10.0 Å². The maximum atomic E-state index is 11.4. The molecule has 0 heterocycles. The molecule has 0 aliphatic rings. The third-order valence-electron chi connectivity index (χ3n) is 3.59. The summed E-state index contributed by atoms with van der Waals surface area (Å²) in [6.45, 7) is 0.314. The number of primary sulfonamides is 1. The molecule has 0 radical (unpaired) electrons. The highest BCUT2D eigenvalue weighted by Crippen LogP contribution is 2.08. The quantitative estimate of drug-likeness (QED) is 0.518. The molecule has 0 aliphatic heterocycles. The lowest BCUT2D eigenvalue weighted by Gasteiger charge is -2.17. The Bertz CT molecular complexity index is 869. The zero-order valence-electron chi connectivity index (χ0n) is 13.8. The Morgan fingerprint density at radius 3 is 2.23 bits per heavy atom. The summed E-state index contributed by atoms with van der Waals surface area (Å²) in [5, 5.41) is 20.3. The lowest BCUT2D eigenvalue weighted by molar-refractivity contribution is -0.139. The van der Waals surface area contributed by atoms with Gasteiger partial charge in [-0.3, -0.25) is 0 Å². The largest absolute Gasteiger partial charge is 0.480 e. The number of carboxylic acids is 1. The van der Waals surface area contributed by atoms with E-state index in [9.17, 15) is 18.3 Å². The minimum Gasteiger partial charge on any atom is -0.480 e. The summed E-state index contributed by atoms with van der Waals surface area (Å²) in [7, 11) is -3.73. The number of nitrogens with two attached hydrogens (primary N) is 1. The number of nitrogens with one attached hydrogen (secondary N) is 2. The van der Waals surface area contributed by atoms with Gasteiger partial charge in [-0.2, -0.15) is 0 Å². The van der Waals surface area contributed by atoms with Crippen LogP contribution < -0.4 is 15.8 Å². The fourth-order valence-electron chi connectivity index (χ4n) is 2.24. The minimum atomic E-state index is -3.73. The fourth-order valence-corrected chi connectivity index (χ4v) is 2.97. The first-order valence-corrected chi connectivity index (χ1v) is 9.64. The van der Waals surface area contributed by atoms with Crippen molar-refractivity contribution < 1.29 is 18.3 Å². The Hall–Kier alpha value is -2.49. The van der Waals surface area contributed by atoms with Crippen molar-refractivity contribution in [2.75, 3.05) is 0 Å². The number of rotatable bonds is 7. The van der Waals surface area contributed by atoms with E-state index in [1.165, 1.54) is 12.1 Å². The molecule has 0 amide bonds. The van der Waals surface area contributed by atoms with Crippen LogP contribution in [-0.4, -0.2) is 30.6 Å². The van der Waals surface area contributed by atoms with E-state index in [-0.39, 0.29) is 10.0 Å². The summed E-state index contributed by atoms with van der Waals surface area (Å²) in [6, 6.07) is 14.4. The fraction of sp³-hybridized carbons (Fsp3) is 0.176. The van der Waals surface area contributed by atoms with Crippen LogP contribution in [0.2, 0.25) is 0 Å². The van der Waals surface area contributed by atoms with E-state index >= 15 is 0 Å². The number of hydrogen-bond donors (Lipinski definition) is 4. The topological polar surface area (TPSA) is 122 Å². The zero-order chi connectivity index (χ0) is 19.2. The smallest absolute Gasteiger partial charge is 0.326 e. The number of aliphatic carboxylic acids is 1. The second-order valence-electron chi connectivity index (χ2n) is 5.60. The van der Waals surface area contributed by atoms with Gasteiger partial charge in [-0.1, -0.05) is 42.5 Å². The highest BCUT2D eigenvalue weighted by molar-refractivity contribution is 7.89. The Kier molecular flexibility index (Phi) is 6.67. The molecule has 7 nitrogen and oxygen atoms in total. The first-order chi connectivity index (χ1) is 12.3. The summed E-state index contributed by atoms with van der Waals surface area (Å²) >= 11 is 5.15. The number of sulfonamides is 1. The van der Waals surface area contributed by atoms with Crippen LogP contribution in [0.3, 0.4) is 0 Å². The van der Waals surface area contributed by atoms with Gasteiger partial charge in [-0.15, -0.1) is 0 Å². The molecule has 138 valence electrons. The Morgan fingerprint density at radius 1 is 1.08 bits per heavy atom. The van der Waals surface area contributed by atoms with Crippen LogP contribution in [-0.2, 0) is 27.8 Å². The second kappa shape index (κ2) is 8.75. The van der Waals surface area contributed by atoms with Gasteiger partial charge in [0.1, 0.15) is 6.04 Å². The van der Waals surface area contributed by atoms with Crippen LogP contribution >= 0.6 is 12.2 Å². The van der Waals surface area contributed by atoms with Crippen LogP contribution in [0.4, 0.5) is 0 Å². The molecule has 0 saturated heterocycles. The van der Waals surface area contributed by atoms with E-state index in [0.717, 1.165) is 11.1 Å². The number of carboxylic acid groups (broad SMARTS) is 1. The van der Waals surface area contributed by atoms with Gasteiger partial charge >= 0.3 is 5.97 Å². The maximum Gasteiger partial charge on any atom is 0.326 e. The third kappa shape index (κ3) is 6.10. The van der Waals surface area contributed by atoms with Crippen molar-refractivity contribution >= 4 is 33.3 Å². The Labute approximate surface area is 157 Å². The number of carbonyl (C=O) groups is 1. The molecule has 1 atom stereocenters. The normalized spacial score (nSPS) is 12.2. The molecule has 2 rings (SSSR count). The van der Waals surface area contributed by atoms with Crippen molar-refractivity contribution in [1.29, 1.82) is 0 Å². The summed E-state index contributed by atoms with van der Waals surface area (Å²) in [6.07, 6.45) is 0.293. The van der Waals surface area contributed by atoms with Crippen LogP contribution in [0.15, 0.2) is 59.5 Å². The number of hydrogen-bond acceptors (Lipinski definition) is 4. The van der Waals surface area contributed by atoms with Crippen LogP contribution in [0.25, 0.3) is 0 Å². The van der Waals surface area contributed by atoms with Gasteiger partial charge in [0.25, 0.3) is 0 Å². The van der Waals surface area contributed by atoms with Crippen molar-refractivity contribution in [3.8, 4) is 0 Å². The molecular weight excluding hydrogens is 374 g/mol. The molecule has 0 aliphatic carbocycles. The van der Waals surface area contributed by atoms with E-state index in [1.54, 1.807) is 12.1 Å². The predicted molar refractivity (Wildman–Crippen MR) is 102 cm³/mol. The maximum absolute atomic E-state index is 11.4. The Morgan fingerprint density at radius 2 is 1.69 bits per heavy atom. The number of thiocarbonyl (C=S) groups is 1. The van der Waals surface area contributed by atoms with E-state index in [2.05, 4.69) is 10.6 Å². The van der Waals surface area contributed by atoms with E-state index in [1.807, 2.05) is 30.3 Å². The molecule has 2 aromatic carbocycles. The van der Waals surface area contributed by atoms with Gasteiger partial charge < -0.3 is 15.7 Å². The molecule has 2 aromatic rings. The summed E-state index contributed by atoms with van der Waals surface area (Å²) in [4.78, 5) is 11.5. The molecule has 9 heteroatoms. The SMILES string of the molecule is NS(=O)(=O)c1ccc(CNC(=S)N[C@@H](Cc2ccccc2)C(=O)O)cc1. The summed E-state index contributed by atoms with van der Waals surface area (Å²) < 4.78 is 22.4. The second-order valence-corrected chi connectivity index (χ2v) is 7.57. The number of benzene rings is 2. The van der Waals surface area contributed by atoms with Gasteiger partial charge in [-0.05, 0) is 35.5 Å². The first-order valence-electron chi connectivity index (χ1n) is 7.68. The van der Waals surface area contributed by atoms with Crippen LogP contribution in [0, 0.1) is 0 Å². The summed E-state index contributed by atoms with van der Waals surface area (Å²) in [5.41, 5.74) is 1.66. The molecular formula is C17H19N3O4S2. The van der Waals surface area contributed by atoms with Gasteiger partial charge in [0.15, 0.2) is 5.11 Å². The average Bonchev–Trinajstić information content (AvgIpc) is 2.60. The van der Waals surface area contributed by atoms with Crippen molar-refractivity contribution in [2.24, 2.45) is 5.14 Å². The highest BCUT2D eigenvalue weighted by atomic mass is 32.2. The molecule has 5 N–H and O–H groups in total. The minimum absolute atomic E-state index is 0.0238. The molecule has 0 aromatic heterocycles. The lowest BCUT2D eigenvalue weighted by Crippen LogP contribution is -2.46. The van der Waals surface area contributed by atoms with Crippen LogP contribution in [0.5, 0.6) is 0 Å². The van der Waals surface area contributed by atoms with Crippen molar-refractivity contribution in [3.63, 3.8) is 0 Å². The van der Waals surface area contributed by atoms with E-state index in [0.29, 0.717) is 13.0 Å². The molecule has 0 unspecified atom stereocenters. The Balaban J connectivity index is 1.91. The zero-order valence-corrected chi connectivity index (χ0v) is 15.4. The van der Waals surface area contributed by atoms with Crippen LogP contribution in [0.1, 0.15) is 11.1 Å². The molecule has 0 saturated carbocycles. The molecule has 0 bridgehead atoms. The van der Waals surface area contributed by atoms with Gasteiger partial charge in [0, 0.05) is 13.0 Å². The standard InChI is InChI=1S/C17H19N3O4S2/c18-26(23,24)14-8-6-13(7-9-14)11-19-17(25)20-15(16(21)22)10-12-4-2-1-3-5-12/h1-9,15H,10-11H2,(H,21,22)(H2,18,23,24)(H2,19,20,25)/t15-/m0/s1. The van der Waals surface area contributed by atoms with Crippen molar-refractivity contribution in [2.45, 2.75) is 23.9 Å². The average molecular weight is 393 g/mol. The molecule has 0 fully saturated rings. The molecule has 26 heavy (non-hydrogen) atoms. The monoisotopic (exact) mass is 393 g/mol. The van der Waals surface area contributed by atoms with Crippen molar-refractivity contribution in [1.82, 2.24) is 10.6 Å². The van der Waals surface area contributed by atoms with Crippen molar-refractivity contribution in [3.05, 3.63) is 65.7 Å². The predicted octanol–water partition coefficient (Wildman–Crippen LogP) is 0.994. The third-order valence-corrected chi connectivity index (χ3v) is 4.78. The molecule has 0 spiro atoms. The van der Waals surface area contributed by atoms with E-state index in [4.69, 9.17) is 17.4 Å². The first kappa shape index (κ1) is 19.8. The van der Waals surface area contributed by atoms with E-state index < -0.39 is 22.0 Å². The highest BCUT2D eigenvalue weighted by Gasteiger charge is 2.18.